The van der Waals surface area contributed by atoms with E-state index in [0.29, 0.717) is 35.8 Å². The minimum absolute atomic E-state index is 0.166. The van der Waals surface area contributed by atoms with Crippen molar-refractivity contribution < 1.29 is 9.21 Å². The molecule has 0 fully saturated rings. The lowest BCUT2D eigenvalue weighted by Crippen LogP contribution is -2.25. The number of nitrogens with zero attached hydrogens (tertiary/aromatic N) is 2. The van der Waals surface area contributed by atoms with Crippen molar-refractivity contribution in [3.05, 3.63) is 101 Å². The molecule has 146 valence electrons. The Bertz CT molecular complexity index is 1090. The highest BCUT2D eigenvalue weighted by atomic mass is 35.5. The van der Waals surface area contributed by atoms with Crippen molar-refractivity contribution in [2.24, 2.45) is 0 Å². The van der Waals surface area contributed by atoms with E-state index in [-0.39, 0.29) is 5.91 Å². The molecule has 2 aromatic carbocycles. The molecular weight excluding hydrogens is 386 g/mol. The van der Waals surface area contributed by atoms with Crippen molar-refractivity contribution >= 4 is 17.5 Å². The molecule has 0 aliphatic carbocycles. The van der Waals surface area contributed by atoms with Gasteiger partial charge in [0.25, 0.3) is 5.91 Å². The summed E-state index contributed by atoms with van der Waals surface area (Å²) in [5.74, 6) is 0.670. The number of nitrogens with one attached hydrogen (secondary N) is 1. The van der Waals surface area contributed by atoms with Gasteiger partial charge in [-0.1, -0.05) is 60.1 Å². The average molecular weight is 406 g/mol. The van der Waals surface area contributed by atoms with E-state index in [4.69, 9.17) is 16.0 Å². The number of benzene rings is 2. The SMILES string of the molecule is O=C(NCCc1ccco1)c1cn(Cc2ccccc2Cl)nc1-c1ccccc1. The van der Waals surface area contributed by atoms with Gasteiger partial charge in [0.1, 0.15) is 11.5 Å². The zero-order valence-corrected chi connectivity index (χ0v) is 16.5. The van der Waals surface area contributed by atoms with Crippen LogP contribution in [0.1, 0.15) is 21.7 Å². The number of aromatic nitrogens is 2. The molecule has 2 aromatic heterocycles. The summed E-state index contributed by atoms with van der Waals surface area (Å²) in [5.41, 5.74) is 3.01. The molecule has 2 heterocycles. The normalized spacial score (nSPS) is 10.8. The zero-order valence-electron chi connectivity index (χ0n) is 15.7. The number of carbonyl (C=O) groups excluding carboxylic acids is 1. The summed E-state index contributed by atoms with van der Waals surface area (Å²) in [6, 6.07) is 21.1. The van der Waals surface area contributed by atoms with Crippen molar-refractivity contribution in [3.63, 3.8) is 0 Å². The standard InChI is InChI=1S/C23H20ClN3O2/c24-21-11-5-4-9-18(21)15-27-16-20(22(26-27)17-7-2-1-3-8-17)23(28)25-13-12-19-10-6-14-29-19/h1-11,14,16H,12-13,15H2,(H,25,28). The molecule has 29 heavy (non-hydrogen) atoms. The molecule has 0 radical (unpaired) electrons. The van der Waals surface area contributed by atoms with Crippen molar-refractivity contribution in [1.29, 1.82) is 0 Å². The second-order valence-electron chi connectivity index (χ2n) is 6.63. The number of rotatable bonds is 7. The molecule has 0 unspecified atom stereocenters. The maximum atomic E-state index is 12.9. The van der Waals surface area contributed by atoms with Crippen molar-refractivity contribution in [1.82, 2.24) is 15.1 Å². The maximum absolute atomic E-state index is 12.9. The van der Waals surface area contributed by atoms with Crippen molar-refractivity contribution in [3.8, 4) is 11.3 Å². The summed E-state index contributed by atoms with van der Waals surface area (Å²) in [6.45, 7) is 0.968. The molecule has 4 rings (SSSR count). The van der Waals surface area contributed by atoms with Crippen LogP contribution in [0.25, 0.3) is 11.3 Å². The Morgan fingerprint density at radius 1 is 1.03 bits per heavy atom. The van der Waals surface area contributed by atoms with Gasteiger partial charge < -0.3 is 9.73 Å². The van der Waals surface area contributed by atoms with Crippen LogP contribution in [0.3, 0.4) is 0 Å². The van der Waals surface area contributed by atoms with Crippen molar-refractivity contribution in [2.45, 2.75) is 13.0 Å². The topological polar surface area (TPSA) is 60.1 Å². The van der Waals surface area contributed by atoms with E-state index in [2.05, 4.69) is 10.4 Å². The largest absolute Gasteiger partial charge is 0.469 e. The first kappa shape index (κ1) is 19.0. The predicted molar refractivity (Wildman–Crippen MR) is 113 cm³/mol. The van der Waals surface area contributed by atoms with E-state index in [1.54, 1.807) is 17.1 Å². The van der Waals surface area contributed by atoms with Crippen LogP contribution in [-0.2, 0) is 13.0 Å². The third-order valence-electron chi connectivity index (χ3n) is 4.58. The molecule has 4 aromatic rings. The molecule has 5 nitrogen and oxygen atoms in total. The van der Waals surface area contributed by atoms with Gasteiger partial charge in [0.05, 0.1) is 18.4 Å². The first-order chi connectivity index (χ1) is 14.2. The minimum atomic E-state index is -0.166. The molecule has 0 aliphatic heterocycles. The fraction of sp³-hybridized carbons (Fsp3) is 0.130. The predicted octanol–water partition coefficient (Wildman–Crippen LogP) is 4.82. The zero-order chi connectivity index (χ0) is 20.1. The quantitative estimate of drug-likeness (QED) is 0.479. The average Bonchev–Trinajstić information content (AvgIpc) is 3.40. The monoisotopic (exact) mass is 405 g/mol. The first-order valence-corrected chi connectivity index (χ1v) is 9.75. The van der Waals surface area contributed by atoms with Crippen molar-refractivity contribution in [2.75, 3.05) is 6.54 Å². The fourth-order valence-electron chi connectivity index (χ4n) is 3.13. The molecule has 0 saturated heterocycles. The Balaban J connectivity index is 1.58. The lowest BCUT2D eigenvalue weighted by atomic mass is 10.1. The van der Waals surface area contributed by atoms with E-state index in [0.717, 1.165) is 16.9 Å². The van der Waals surface area contributed by atoms with Crippen LogP contribution in [0.5, 0.6) is 0 Å². The van der Waals surface area contributed by atoms with E-state index < -0.39 is 0 Å². The van der Waals surface area contributed by atoms with Gasteiger partial charge in [0.2, 0.25) is 0 Å². The summed E-state index contributed by atoms with van der Waals surface area (Å²) >= 11 is 6.29. The third-order valence-corrected chi connectivity index (χ3v) is 4.95. The Hall–Kier alpha value is -3.31. The van der Waals surface area contributed by atoms with E-state index in [1.165, 1.54) is 0 Å². The second-order valence-corrected chi connectivity index (χ2v) is 7.04. The lowest BCUT2D eigenvalue weighted by Gasteiger charge is -2.04. The van der Waals surface area contributed by atoms with Gasteiger partial charge in [0.15, 0.2) is 0 Å². The van der Waals surface area contributed by atoms with Crippen LogP contribution in [-0.4, -0.2) is 22.2 Å². The summed E-state index contributed by atoms with van der Waals surface area (Å²) in [6.07, 6.45) is 4.03. The van der Waals surface area contributed by atoms with Gasteiger partial charge >= 0.3 is 0 Å². The molecule has 0 atom stereocenters. The first-order valence-electron chi connectivity index (χ1n) is 9.37. The van der Waals surface area contributed by atoms with Gasteiger partial charge in [-0.3, -0.25) is 9.48 Å². The Morgan fingerprint density at radius 2 is 1.83 bits per heavy atom. The van der Waals surface area contributed by atoms with Crippen LogP contribution in [0.2, 0.25) is 5.02 Å². The summed E-state index contributed by atoms with van der Waals surface area (Å²) < 4.78 is 7.07. The molecular formula is C23H20ClN3O2. The van der Waals surface area contributed by atoms with Crippen LogP contribution >= 0.6 is 11.6 Å². The number of hydrogen-bond donors (Lipinski definition) is 1. The molecule has 0 aliphatic rings. The summed E-state index contributed by atoms with van der Waals surface area (Å²) in [7, 11) is 0. The van der Waals surface area contributed by atoms with Gasteiger partial charge in [-0.15, -0.1) is 0 Å². The number of amides is 1. The molecule has 0 saturated carbocycles. The molecule has 6 heteroatoms. The van der Waals surface area contributed by atoms with Gasteiger partial charge in [-0.2, -0.15) is 5.10 Å². The fourth-order valence-corrected chi connectivity index (χ4v) is 3.32. The highest BCUT2D eigenvalue weighted by Gasteiger charge is 2.18. The highest BCUT2D eigenvalue weighted by molar-refractivity contribution is 6.31. The highest BCUT2D eigenvalue weighted by Crippen LogP contribution is 2.23. The second kappa shape index (κ2) is 8.80. The van der Waals surface area contributed by atoms with Gasteiger partial charge in [-0.05, 0) is 23.8 Å². The maximum Gasteiger partial charge on any atom is 0.255 e. The van der Waals surface area contributed by atoms with Crippen LogP contribution in [0.15, 0.2) is 83.6 Å². The molecule has 1 N–H and O–H groups in total. The number of halogens is 1. The van der Waals surface area contributed by atoms with Crippen LogP contribution in [0.4, 0.5) is 0 Å². The summed E-state index contributed by atoms with van der Waals surface area (Å²) in [4.78, 5) is 12.9. The minimum Gasteiger partial charge on any atom is -0.469 e. The van der Waals surface area contributed by atoms with E-state index in [9.17, 15) is 4.79 Å². The van der Waals surface area contributed by atoms with E-state index in [1.807, 2.05) is 66.7 Å². The summed E-state index contributed by atoms with van der Waals surface area (Å²) in [5, 5.41) is 8.31. The number of carbonyl (C=O) groups is 1. The smallest absolute Gasteiger partial charge is 0.255 e. The molecule has 1 amide bonds. The number of hydrogen-bond acceptors (Lipinski definition) is 3. The van der Waals surface area contributed by atoms with Gasteiger partial charge in [-0.25, -0.2) is 0 Å². The number of furan rings is 1. The Kier molecular flexibility index (Phi) is 5.77. The third kappa shape index (κ3) is 4.58. The lowest BCUT2D eigenvalue weighted by molar-refractivity contribution is 0.0954. The molecule has 0 bridgehead atoms. The Morgan fingerprint density at radius 3 is 2.59 bits per heavy atom. The van der Waals surface area contributed by atoms with Crippen LogP contribution in [0, 0.1) is 0 Å². The van der Waals surface area contributed by atoms with Gasteiger partial charge in [0, 0.05) is 29.7 Å². The van der Waals surface area contributed by atoms with E-state index >= 15 is 0 Å². The Labute approximate surface area is 173 Å². The van der Waals surface area contributed by atoms with Crippen LogP contribution < -0.4 is 5.32 Å². The molecule has 0 spiro atoms.